The van der Waals surface area contributed by atoms with Crippen molar-refractivity contribution in [3.63, 3.8) is 0 Å². The molecule has 1 saturated heterocycles. The number of rotatable bonds is 2. The number of Topliss-reactive ketones (excluding diaryl/α,β-unsaturated/α-hetero) is 1. The lowest BCUT2D eigenvalue weighted by atomic mass is 9.94. The highest BCUT2D eigenvalue weighted by molar-refractivity contribution is 5.81. The molecule has 1 fully saturated rings. The van der Waals surface area contributed by atoms with E-state index in [0.717, 1.165) is 0 Å². The van der Waals surface area contributed by atoms with E-state index in [1.54, 1.807) is 0 Å². The molecular weight excluding hydrogens is 190 g/mol. The van der Waals surface area contributed by atoms with Crippen LogP contribution in [0, 0.1) is 0 Å². The van der Waals surface area contributed by atoms with E-state index >= 15 is 0 Å². The number of aliphatic hydroxyl groups is 3. The molecule has 0 aromatic heterocycles. The van der Waals surface area contributed by atoms with Gasteiger partial charge in [0.25, 0.3) is 0 Å². The number of nitrogens with two attached hydrogens (primary N) is 1. The molecule has 6 heteroatoms. The van der Waals surface area contributed by atoms with Gasteiger partial charge in [-0.15, -0.1) is 0 Å². The zero-order valence-electron chi connectivity index (χ0n) is 7.83. The lowest BCUT2D eigenvalue weighted by Crippen LogP contribution is -2.60. The summed E-state index contributed by atoms with van der Waals surface area (Å²) in [5.74, 6) is -0.336. The Morgan fingerprint density at radius 1 is 1.43 bits per heavy atom. The second-order valence-corrected chi connectivity index (χ2v) is 3.48. The highest BCUT2D eigenvalue weighted by Gasteiger charge is 2.41. The van der Waals surface area contributed by atoms with Crippen LogP contribution in [0.3, 0.4) is 0 Å². The molecule has 0 radical (unpaired) electrons. The zero-order valence-corrected chi connectivity index (χ0v) is 7.83. The van der Waals surface area contributed by atoms with Crippen LogP contribution in [-0.2, 0) is 9.53 Å². The Balaban J connectivity index is 2.67. The van der Waals surface area contributed by atoms with Crippen LogP contribution >= 0.6 is 0 Å². The number of aliphatic hydroxyl groups excluding tert-OH is 3. The molecule has 1 rings (SSSR count). The summed E-state index contributed by atoms with van der Waals surface area (Å²) in [5.41, 5.74) is 5.46. The van der Waals surface area contributed by atoms with E-state index in [2.05, 4.69) is 0 Å². The molecule has 1 aliphatic rings. The number of carbonyl (C=O) groups excluding carboxylic acids is 1. The second-order valence-electron chi connectivity index (χ2n) is 3.48. The molecule has 0 aromatic rings. The first-order chi connectivity index (χ1) is 6.45. The monoisotopic (exact) mass is 205 g/mol. The van der Waals surface area contributed by atoms with Crippen LogP contribution in [0.25, 0.3) is 0 Å². The maximum atomic E-state index is 10.9. The highest BCUT2D eigenvalue weighted by atomic mass is 16.5. The third-order valence-corrected chi connectivity index (χ3v) is 2.36. The van der Waals surface area contributed by atoms with Crippen molar-refractivity contribution >= 4 is 5.78 Å². The first-order valence-electron chi connectivity index (χ1n) is 4.37. The van der Waals surface area contributed by atoms with E-state index < -0.39 is 30.5 Å². The van der Waals surface area contributed by atoms with Crippen molar-refractivity contribution in [3.8, 4) is 0 Å². The van der Waals surface area contributed by atoms with Gasteiger partial charge in [0, 0.05) is 0 Å². The van der Waals surface area contributed by atoms with Gasteiger partial charge in [-0.1, -0.05) is 0 Å². The molecule has 82 valence electrons. The first kappa shape index (κ1) is 11.5. The summed E-state index contributed by atoms with van der Waals surface area (Å²) in [6.45, 7) is 1.14. The second kappa shape index (κ2) is 4.33. The van der Waals surface area contributed by atoms with Gasteiger partial charge in [0.05, 0.1) is 12.6 Å². The van der Waals surface area contributed by atoms with Gasteiger partial charge in [-0.05, 0) is 6.92 Å². The lowest BCUT2D eigenvalue weighted by Gasteiger charge is -2.37. The van der Waals surface area contributed by atoms with E-state index in [1.165, 1.54) is 6.92 Å². The molecule has 1 heterocycles. The molecule has 0 saturated carbocycles. The number of hydrogen-bond acceptors (Lipinski definition) is 6. The topological polar surface area (TPSA) is 113 Å². The number of ketones is 1. The third-order valence-electron chi connectivity index (χ3n) is 2.36. The van der Waals surface area contributed by atoms with Crippen molar-refractivity contribution in [1.29, 1.82) is 0 Å². The van der Waals surface area contributed by atoms with E-state index in [0.29, 0.717) is 0 Å². The molecule has 0 aromatic carbocycles. The summed E-state index contributed by atoms with van der Waals surface area (Å²) < 4.78 is 4.99. The van der Waals surface area contributed by atoms with Crippen LogP contribution in [0.15, 0.2) is 0 Å². The fourth-order valence-electron chi connectivity index (χ4n) is 1.38. The van der Waals surface area contributed by atoms with Gasteiger partial charge in [0.2, 0.25) is 0 Å². The minimum Gasteiger partial charge on any atom is -0.388 e. The molecule has 0 bridgehead atoms. The van der Waals surface area contributed by atoms with Gasteiger partial charge >= 0.3 is 0 Å². The van der Waals surface area contributed by atoms with E-state index in [9.17, 15) is 15.0 Å². The predicted molar refractivity (Wildman–Crippen MR) is 46.4 cm³/mol. The molecule has 14 heavy (non-hydrogen) atoms. The van der Waals surface area contributed by atoms with Crippen LogP contribution in [0.4, 0.5) is 0 Å². The van der Waals surface area contributed by atoms with Gasteiger partial charge < -0.3 is 25.8 Å². The summed E-state index contributed by atoms with van der Waals surface area (Å²) in [4.78, 5) is 10.9. The van der Waals surface area contributed by atoms with Crippen molar-refractivity contribution in [3.05, 3.63) is 0 Å². The van der Waals surface area contributed by atoms with Crippen molar-refractivity contribution < 1.29 is 24.9 Å². The zero-order chi connectivity index (χ0) is 10.9. The summed E-state index contributed by atoms with van der Waals surface area (Å²) in [6.07, 6.45) is -4.75. The summed E-state index contributed by atoms with van der Waals surface area (Å²) in [7, 11) is 0. The third kappa shape index (κ3) is 2.10. The minimum absolute atomic E-state index is 0.135. The fourth-order valence-corrected chi connectivity index (χ4v) is 1.38. The number of ether oxygens (including phenoxy) is 1. The van der Waals surface area contributed by atoms with Crippen LogP contribution in [0.1, 0.15) is 6.92 Å². The standard InChI is InChI=1S/C8H15NO5/c1-3(10)5(9)8-7(13)6(12)4(11)2-14-8/h4-8,11-13H,2,9H2,1H3/t4-,5+,6+,7+,8+/m0/s1. The molecule has 5 N–H and O–H groups in total. The van der Waals surface area contributed by atoms with Gasteiger partial charge in [0.1, 0.15) is 30.2 Å². The average Bonchev–Trinajstić information content (AvgIpc) is 2.13. The van der Waals surface area contributed by atoms with E-state index in [-0.39, 0.29) is 12.4 Å². The largest absolute Gasteiger partial charge is 0.388 e. The Morgan fingerprint density at radius 2 is 2.00 bits per heavy atom. The van der Waals surface area contributed by atoms with Gasteiger partial charge in [0.15, 0.2) is 0 Å². The normalized spacial score (nSPS) is 40.6. The maximum absolute atomic E-state index is 10.9. The molecule has 6 nitrogen and oxygen atoms in total. The highest BCUT2D eigenvalue weighted by Crippen LogP contribution is 2.17. The van der Waals surface area contributed by atoms with Crippen LogP contribution < -0.4 is 5.73 Å². The Kier molecular flexibility index (Phi) is 3.57. The van der Waals surface area contributed by atoms with Crippen LogP contribution in [0.5, 0.6) is 0 Å². The maximum Gasteiger partial charge on any atom is 0.149 e. The molecule has 0 aliphatic carbocycles. The average molecular weight is 205 g/mol. The van der Waals surface area contributed by atoms with Crippen molar-refractivity contribution in [2.24, 2.45) is 5.73 Å². The molecule has 1 aliphatic heterocycles. The van der Waals surface area contributed by atoms with Gasteiger partial charge in [-0.2, -0.15) is 0 Å². The molecule has 0 spiro atoms. The fraction of sp³-hybridized carbons (Fsp3) is 0.875. The first-order valence-corrected chi connectivity index (χ1v) is 4.37. The van der Waals surface area contributed by atoms with Crippen molar-refractivity contribution in [2.45, 2.75) is 37.4 Å². The molecule has 0 amide bonds. The lowest BCUT2D eigenvalue weighted by molar-refractivity contribution is -0.192. The molecule has 5 atom stereocenters. The Hall–Kier alpha value is -0.530. The van der Waals surface area contributed by atoms with Crippen molar-refractivity contribution in [1.82, 2.24) is 0 Å². The van der Waals surface area contributed by atoms with E-state index in [4.69, 9.17) is 15.6 Å². The van der Waals surface area contributed by atoms with Gasteiger partial charge in [-0.3, -0.25) is 4.79 Å². The minimum atomic E-state index is -1.34. The summed E-state index contributed by atoms with van der Waals surface area (Å²) >= 11 is 0. The summed E-state index contributed by atoms with van der Waals surface area (Å²) in [6, 6.07) is -0.979. The molecule has 0 unspecified atom stereocenters. The number of carbonyl (C=O) groups is 1. The SMILES string of the molecule is CC(=O)[C@@H](N)[C@H]1OC[C@H](O)[C@@H](O)[C@H]1O. The predicted octanol–water partition coefficient (Wildman–Crippen LogP) is -2.62. The van der Waals surface area contributed by atoms with Gasteiger partial charge in [-0.25, -0.2) is 0 Å². The Morgan fingerprint density at radius 3 is 2.50 bits per heavy atom. The quantitative estimate of drug-likeness (QED) is 0.392. The van der Waals surface area contributed by atoms with Crippen molar-refractivity contribution in [2.75, 3.05) is 6.61 Å². The Labute approximate surface area is 81.3 Å². The smallest absolute Gasteiger partial charge is 0.149 e. The number of hydrogen-bond donors (Lipinski definition) is 4. The molecular formula is C8H15NO5. The van der Waals surface area contributed by atoms with Crippen LogP contribution in [-0.4, -0.2) is 58.2 Å². The Bertz CT molecular complexity index is 222. The summed E-state index contributed by atoms with van der Waals surface area (Å²) in [5, 5.41) is 27.9. The van der Waals surface area contributed by atoms with E-state index in [1.807, 2.05) is 0 Å². The van der Waals surface area contributed by atoms with Crippen LogP contribution in [0.2, 0.25) is 0 Å².